The first-order valence-electron chi connectivity index (χ1n) is 10.7. The van der Waals surface area contributed by atoms with Gasteiger partial charge >= 0.3 is 0 Å². The number of thiocarbonyl (C=S) groups is 1. The summed E-state index contributed by atoms with van der Waals surface area (Å²) in [6.07, 6.45) is 2.55. The van der Waals surface area contributed by atoms with Crippen LogP contribution in [0.15, 0.2) is 48.0 Å². The second kappa shape index (κ2) is 8.13. The Labute approximate surface area is 192 Å². The lowest BCUT2D eigenvalue weighted by Gasteiger charge is -2.47. The average Bonchev–Trinajstić information content (AvgIpc) is 2.72. The van der Waals surface area contributed by atoms with E-state index in [4.69, 9.17) is 12.2 Å². The van der Waals surface area contributed by atoms with Gasteiger partial charge in [-0.15, -0.1) is 0 Å². The van der Waals surface area contributed by atoms with Gasteiger partial charge in [0.15, 0.2) is 5.11 Å². The number of hydrogen-bond acceptors (Lipinski definition) is 4. The Hall–Kier alpha value is -3.06. The monoisotopic (exact) mass is 451 g/mol. The van der Waals surface area contributed by atoms with Crippen LogP contribution in [-0.2, 0) is 9.59 Å². The van der Waals surface area contributed by atoms with E-state index in [1.807, 2.05) is 18.2 Å². The lowest BCUT2D eigenvalue weighted by molar-refractivity contribution is -0.122. The van der Waals surface area contributed by atoms with E-state index >= 15 is 0 Å². The second-order valence-corrected chi connectivity index (χ2v) is 9.28. The summed E-state index contributed by atoms with van der Waals surface area (Å²) < 4.78 is 14.3. The topological polar surface area (TPSA) is 52.7 Å². The highest BCUT2D eigenvalue weighted by atomic mass is 32.1. The molecule has 2 aromatic carbocycles. The smallest absolute Gasteiger partial charge is 0.270 e. The van der Waals surface area contributed by atoms with E-state index in [1.54, 1.807) is 12.1 Å². The summed E-state index contributed by atoms with van der Waals surface area (Å²) in [5.74, 6) is -1.50. The predicted octanol–water partition coefficient (Wildman–Crippen LogP) is 4.77. The fourth-order valence-electron chi connectivity index (χ4n) is 4.87. The van der Waals surface area contributed by atoms with Crippen LogP contribution >= 0.6 is 12.2 Å². The molecule has 0 saturated carbocycles. The maximum atomic E-state index is 14.3. The third-order valence-electron chi connectivity index (χ3n) is 6.23. The number of carbonyl (C=O) groups excluding carboxylic acids is 2. The molecule has 0 bridgehead atoms. The van der Waals surface area contributed by atoms with Crippen molar-refractivity contribution in [3.05, 3.63) is 65.0 Å². The number of nitrogens with zero attached hydrogens (tertiary/aromatic N) is 2. The highest BCUT2D eigenvalue weighted by molar-refractivity contribution is 7.80. The summed E-state index contributed by atoms with van der Waals surface area (Å²) in [6, 6.07) is 11.8. The second-order valence-electron chi connectivity index (χ2n) is 8.89. The maximum Gasteiger partial charge on any atom is 0.270 e. The third-order valence-corrected chi connectivity index (χ3v) is 6.52. The van der Waals surface area contributed by atoms with Crippen molar-refractivity contribution in [3.63, 3.8) is 0 Å². The zero-order valence-corrected chi connectivity index (χ0v) is 19.4. The van der Waals surface area contributed by atoms with E-state index in [-0.39, 0.29) is 21.9 Å². The Morgan fingerprint density at radius 2 is 1.91 bits per heavy atom. The van der Waals surface area contributed by atoms with Crippen LogP contribution < -0.4 is 15.1 Å². The van der Waals surface area contributed by atoms with Gasteiger partial charge in [-0.25, -0.2) is 9.29 Å². The van der Waals surface area contributed by atoms with E-state index < -0.39 is 17.6 Å². The number of carbonyl (C=O) groups is 2. The van der Waals surface area contributed by atoms with E-state index in [9.17, 15) is 14.0 Å². The minimum atomic E-state index is -0.647. The Kier molecular flexibility index (Phi) is 5.63. The van der Waals surface area contributed by atoms with Crippen LogP contribution in [0.5, 0.6) is 0 Å². The van der Waals surface area contributed by atoms with Gasteiger partial charge in [-0.05, 0) is 86.8 Å². The summed E-state index contributed by atoms with van der Waals surface area (Å²) in [6.45, 7) is 9.72. The van der Waals surface area contributed by atoms with Gasteiger partial charge in [-0.1, -0.05) is 25.1 Å². The predicted molar refractivity (Wildman–Crippen MR) is 129 cm³/mol. The molecule has 0 radical (unpaired) electrons. The number of para-hydroxylation sites is 1. The highest BCUT2D eigenvalue weighted by Crippen LogP contribution is 2.43. The van der Waals surface area contributed by atoms with Gasteiger partial charge in [0, 0.05) is 17.8 Å². The van der Waals surface area contributed by atoms with Gasteiger partial charge in [-0.3, -0.25) is 14.9 Å². The van der Waals surface area contributed by atoms with Crippen molar-refractivity contribution in [2.24, 2.45) is 0 Å². The molecular formula is C25H26FN3O2S. The average molecular weight is 452 g/mol. The van der Waals surface area contributed by atoms with Crippen molar-refractivity contribution in [1.29, 1.82) is 0 Å². The van der Waals surface area contributed by atoms with Crippen molar-refractivity contribution in [3.8, 4) is 0 Å². The van der Waals surface area contributed by atoms with E-state index in [2.05, 4.69) is 37.9 Å². The molecule has 0 aromatic heterocycles. The number of rotatable bonds is 3. The molecule has 32 heavy (non-hydrogen) atoms. The molecule has 1 unspecified atom stereocenters. The van der Waals surface area contributed by atoms with Crippen LogP contribution in [0.25, 0.3) is 6.08 Å². The SMILES string of the molecule is CCN1c2ccc(/C=C3/C(=O)NC(=S)N(c4ccccc4F)C3=O)cc2C(C)CC1(C)C. The number of halogens is 1. The molecule has 166 valence electrons. The molecule has 1 saturated heterocycles. The first-order chi connectivity index (χ1) is 15.1. The number of amides is 2. The molecule has 0 spiro atoms. The van der Waals surface area contributed by atoms with Crippen LogP contribution in [0.1, 0.15) is 51.2 Å². The molecule has 2 aliphatic rings. The zero-order valence-electron chi connectivity index (χ0n) is 18.6. The van der Waals surface area contributed by atoms with Gasteiger partial charge in [0.25, 0.3) is 11.8 Å². The quantitative estimate of drug-likeness (QED) is 0.415. The molecule has 7 heteroatoms. The van der Waals surface area contributed by atoms with Gasteiger partial charge in [0.2, 0.25) is 0 Å². The fraction of sp³-hybridized carbons (Fsp3) is 0.320. The maximum absolute atomic E-state index is 14.3. The standard InChI is InChI=1S/C25H26FN3O2S/c1-5-28-20-11-10-16(12-17(20)15(2)14-25(28,3)4)13-18-22(30)27-24(32)29(23(18)31)21-9-7-6-8-19(21)26/h6-13,15H,5,14H2,1-4H3,(H,27,30,32)/b18-13-. The van der Waals surface area contributed by atoms with Crippen molar-refractivity contribution in [2.45, 2.75) is 45.6 Å². The molecule has 1 atom stereocenters. The summed E-state index contributed by atoms with van der Waals surface area (Å²) in [4.78, 5) is 29.2. The fourth-order valence-corrected chi connectivity index (χ4v) is 5.15. The zero-order chi connectivity index (χ0) is 23.2. The molecule has 1 fully saturated rings. The Morgan fingerprint density at radius 1 is 1.19 bits per heavy atom. The lowest BCUT2D eigenvalue weighted by Crippen LogP contribution is -2.54. The van der Waals surface area contributed by atoms with Crippen molar-refractivity contribution in [2.75, 3.05) is 16.3 Å². The summed E-state index contributed by atoms with van der Waals surface area (Å²) in [7, 11) is 0. The number of hydrogen-bond donors (Lipinski definition) is 1. The minimum Gasteiger partial charge on any atom is -0.366 e. The molecule has 1 N–H and O–H groups in total. The Morgan fingerprint density at radius 3 is 2.59 bits per heavy atom. The van der Waals surface area contributed by atoms with E-state index in [1.165, 1.54) is 29.4 Å². The molecule has 4 rings (SSSR count). The van der Waals surface area contributed by atoms with Gasteiger partial charge in [-0.2, -0.15) is 0 Å². The molecule has 2 aromatic rings. The molecule has 0 aliphatic carbocycles. The molecule has 2 amide bonds. The number of nitrogens with one attached hydrogen (secondary N) is 1. The number of anilines is 2. The van der Waals surface area contributed by atoms with Crippen LogP contribution in [0.4, 0.5) is 15.8 Å². The van der Waals surface area contributed by atoms with Crippen LogP contribution in [0.3, 0.4) is 0 Å². The first kappa shape index (κ1) is 22.1. The molecule has 2 aliphatic heterocycles. The Balaban J connectivity index is 1.74. The highest BCUT2D eigenvalue weighted by Gasteiger charge is 2.37. The van der Waals surface area contributed by atoms with Crippen LogP contribution in [0, 0.1) is 5.82 Å². The third kappa shape index (κ3) is 3.71. The minimum absolute atomic E-state index is 0.00767. The van der Waals surface area contributed by atoms with Crippen LogP contribution in [0.2, 0.25) is 0 Å². The van der Waals surface area contributed by atoms with Gasteiger partial charge in [0.1, 0.15) is 11.4 Å². The number of fused-ring (bicyclic) bond motifs is 1. The first-order valence-corrected chi connectivity index (χ1v) is 11.1. The van der Waals surface area contributed by atoms with Crippen molar-refractivity contribution >= 4 is 46.6 Å². The molecule has 2 heterocycles. The largest absolute Gasteiger partial charge is 0.366 e. The van der Waals surface area contributed by atoms with E-state index in [0.29, 0.717) is 5.92 Å². The summed E-state index contributed by atoms with van der Waals surface area (Å²) in [5, 5.41) is 2.37. The van der Waals surface area contributed by atoms with Gasteiger partial charge in [0.05, 0.1) is 5.69 Å². The number of benzene rings is 2. The normalized spacial score (nSPS) is 21.6. The molecular weight excluding hydrogens is 425 g/mol. The van der Waals surface area contributed by atoms with Crippen LogP contribution in [-0.4, -0.2) is 29.0 Å². The van der Waals surface area contributed by atoms with Crippen molar-refractivity contribution < 1.29 is 14.0 Å². The Bertz CT molecular complexity index is 1160. The lowest BCUT2D eigenvalue weighted by atomic mass is 9.79. The molecule has 5 nitrogen and oxygen atoms in total. The van der Waals surface area contributed by atoms with Crippen molar-refractivity contribution in [1.82, 2.24) is 5.32 Å². The van der Waals surface area contributed by atoms with Gasteiger partial charge < -0.3 is 4.90 Å². The summed E-state index contributed by atoms with van der Waals surface area (Å²) in [5.41, 5.74) is 3.08. The van der Waals surface area contributed by atoms with E-state index in [0.717, 1.165) is 23.4 Å². The summed E-state index contributed by atoms with van der Waals surface area (Å²) >= 11 is 5.16.